The molecule has 3 rings (SSSR count). The molecule has 0 amide bonds. The number of hydrogen-bond donors (Lipinski definition) is 1. The van der Waals surface area contributed by atoms with Crippen molar-refractivity contribution in [3.63, 3.8) is 0 Å². The van der Waals surface area contributed by atoms with Crippen molar-refractivity contribution in [3.8, 4) is 5.75 Å². The number of nitrogens with two attached hydrogens (primary N) is 1. The second-order valence-corrected chi connectivity index (χ2v) is 6.33. The third kappa shape index (κ3) is 2.15. The first-order valence-electron chi connectivity index (χ1n) is 7.30. The predicted octanol–water partition coefficient (Wildman–Crippen LogP) is 3.61. The Hall–Kier alpha value is -0.730. The van der Waals surface area contributed by atoms with Gasteiger partial charge in [-0.25, -0.2) is 0 Å². The number of methoxy groups -OCH3 is 1. The number of ether oxygens (including phenoxy) is 1. The number of benzene rings is 1. The van der Waals surface area contributed by atoms with Crippen molar-refractivity contribution in [1.82, 2.24) is 0 Å². The largest absolute Gasteiger partial charge is 0.495 e. The summed E-state index contributed by atoms with van der Waals surface area (Å²) in [4.78, 5) is 0. The highest BCUT2D eigenvalue weighted by Crippen LogP contribution is 2.53. The van der Waals surface area contributed by atoms with E-state index in [1.165, 1.54) is 36.0 Å². The Balaban J connectivity index is 2.14. The number of aryl methyl sites for hydroxylation is 1. The average molecular weight is 280 g/mol. The zero-order valence-electron chi connectivity index (χ0n) is 11.6. The van der Waals surface area contributed by atoms with Gasteiger partial charge < -0.3 is 10.5 Å². The van der Waals surface area contributed by atoms with Crippen molar-refractivity contribution in [3.05, 3.63) is 27.8 Å². The summed E-state index contributed by atoms with van der Waals surface area (Å²) in [6.45, 7) is 0.693. The third-order valence-corrected chi connectivity index (χ3v) is 5.21. The SMILES string of the molecule is COc1c(C2(CN)CC2)cc2c(c1Cl)CCCCC2. The van der Waals surface area contributed by atoms with Crippen LogP contribution in [0.15, 0.2) is 6.07 Å². The summed E-state index contributed by atoms with van der Waals surface area (Å²) in [6, 6.07) is 2.34. The first-order chi connectivity index (χ1) is 9.22. The zero-order chi connectivity index (χ0) is 13.5. The maximum atomic E-state index is 6.63. The summed E-state index contributed by atoms with van der Waals surface area (Å²) in [7, 11) is 1.72. The highest BCUT2D eigenvalue weighted by Gasteiger charge is 2.45. The molecular formula is C16H22ClNO. The van der Waals surface area contributed by atoms with Crippen LogP contribution in [0.4, 0.5) is 0 Å². The van der Waals surface area contributed by atoms with Gasteiger partial charge in [-0.2, -0.15) is 0 Å². The van der Waals surface area contributed by atoms with Gasteiger partial charge >= 0.3 is 0 Å². The van der Waals surface area contributed by atoms with E-state index in [1.54, 1.807) is 7.11 Å². The van der Waals surface area contributed by atoms with Crippen LogP contribution < -0.4 is 10.5 Å². The summed E-state index contributed by atoms with van der Waals surface area (Å²) in [5, 5.41) is 0.844. The van der Waals surface area contributed by atoms with Crippen molar-refractivity contribution in [1.29, 1.82) is 0 Å². The quantitative estimate of drug-likeness (QED) is 0.858. The summed E-state index contributed by atoms with van der Waals surface area (Å²) in [5.41, 5.74) is 10.1. The summed E-state index contributed by atoms with van der Waals surface area (Å²) in [5.74, 6) is 0.880. The van der Waals surface area contributed by atoms with Gasteiger partial charge in [-0.3, -0.25) is 0 Å². The Morgan fingerprint density at radius 1 is 1.26 bits per heavy atom. The van der Waals surface area contributed by atoms with Gasteiger partial charge in [0.1, 0.15) is 5.75 Å². The van der Waals surface area contributed by atoms with Crippen LogP contribution in [0.1, 0.15) is 48.8 Å². The zero-order valence-corrected chi connectivity index (χ0v) is 12.4. The van der Waals surface area contributed by atoms with E-state index in [0.29, 0.717) is 6.54 Å². The molecule has 104 valence electrons. The second kappa shape index (κ2) is 4.99. The van der Waals surface area contributed by atoms with Gasteiger partial charge in [0.05, 0.1) is 12.1 Å². The molecule has 3 heteroatoms. The van der Waals surface area contributed by atoms with E-state index in [2.05, 4.69) is 6.07 Å². The fraction of sp³-hybridized carbons (Fsp3) is 0.625. The van der Waals surface area contributed by atoms with Crippen molar-refractivity contribution in [2.75, 3.05) is 13.7 Å². The highest BCUT2D eigenvalue weighted by molar-refractivity contribution is 6.33. The van der Waals surface area contributed by atoms with E-state index < -0.39 is 0 Å². The minimum absolute atomic E-state index is 0.135. The fourth-order valence-corrected chi connectivity index (χ4v) is 3.73. The molecule has 1 saturated carbocycles. The highest BCUT2D eigenvalue weighted by atomic mass is 35.5. The molecule has 2 aliphatic carbocycles. The number of halogens is 1. The van der Waals surface area contributed by atoms with E-state index in [-0.39, 0.29) is 5.41 Å². The van der Waals surface area contributed by atoms with Crippen LogP contribution in [0.25, 0.3) is 0 Å². The molecule has 0 heterocycles. The van der Waals surface area contributed by atoms with Crippen molar-refractivity contribution < 1.29 is 4.74 Å². The number of rotatable bonds is 3. The molecule has 1 aromatic carbocycles. The van der Waals surface area contributed by atoms with E-state index in [4.69, 9.17) is 22.1 Å². The van der Waals surface area contributed by atoms with Crippen LogP contribution in [0.5, 0.6) is 5.75 Å². The Kier molecular flexibility index (Phi) is 3.48. The van der Waals surface area contributed by atoms with Crippen LogP contribution in [-0.2, 0) is 18.3 Å². The molecule has 0 radical (unpaired) electrons. The topological polar surface area (TPSA) is 35.2 Å². The first kappa shape index (κ1) is 13.3. The van der Waals surface area contributed by atoms with Gasteiger partial charge in [-0.05, 0) is 49.7 Å². The lowest BCUT2D eigenvalue weighted by molar-refractivity contribution is 0.403. The van der Waals surface area contributed by atoms with Crippen LogP contribution in [-0.4, -0.2) is 13.7 Å². The van der Waals surface area contributed by atoms with Gasteiger partial charge in [-0.15, -0.1) is 0 Å². The Morgan fingerprint density at radius 3 is 2.63 bits per heavy atom. The molecule has 0 bridgehead atoms. The van der Waals surface area contributed by atoms with E-state index >= 15 is 0 Å². The van der Waals surface area contributed by atoms with Crippen molar-refractivity contribution in [2.24, 2.45) is 5.73 Å². The van der Waals surface area contributed by atoms with E-state index in [0.717, 1.165) is 36.5 Å². The number of hydrogen-bond acceptors (Lipinski definition) is 2. The van der Waals surface area contributed by atoms with Crippen LogP contribution in [0.2, 0.25) is 5.02 Å². The predicted molar refractivity (Wildman–Crippen MR) is 79.2 cm³/mol. The van der Waals surface area contributed by atoms with E-state index in [9.17, 15) is 0 Å². The van der Waals surface area contributed by atoms with Gasteiger partial charge in [0.2, 0.25) is 0 Å². The molecular weight excluding hydrogens is 258 g/mol. The third-order valence-electron chi connectivity index (χ3n) is 4.81. The molecule has 0 aromatic heterocycles. The van der Waals surface area contributed by atoms with Crippen LogP contribution in [0.3, 0.4) is 0 Å². The number of fused-ring (bicyclic) bond motifs is 1. The summed E-state index contributed by atoms with van der Waals surface area (Å²) in [6.07, 6.45) is 8.35. The Morgan fingerprint density at radius 2 is 2.00 bits per heavy atom. The molecule has 1 fully saturated rings. The van der Waals surface area contributed by atoms with Gasteiger partial charge in [0, 0.05) is 17.5 Å². The molecule has 0 atom stereocenters. The smallest absolute Gasteiger partial charge is 0.141 e. The molecule has 2 aliphatic rings. The average Bonchev–Trinajstić information content (AvgIpc) is 3.23. The van der Waals surface area contributed by atoms with E-state index in [1.807, 2.05) is 0 Å². The molecule has 2 nitrogen and oxygen atoms in total. The lowest BCUT2D eigenvalue weighted by Gasteiger charge is -2.22. The molecule has 0 aliphatic heterocycles. The molecule has 1 aromatic rings. The summed E-state index contributed by atoms with van der Waals surface area (Å²) < 4.78 is 5.62. The van der Waals surface area contributed by atoms with Gasteiger partial charge in [0.25, 0.3) is 0 Å². The van der Waals surface area contributed by atoms with Crippen molar-refractivity contribution >= 4 is 11.6 Å². The second-order valence-electron chi connectivity index (χ2n) is 5.95. The fourth-order valence-electron chi connectivity index (χ4n) is 3.34. The maximum absolute atomic E-state index is 6.63. The van der Waals surface area contributed by atoms with Gasteiger partial charge in [0.15, 0.2) is 0 Å². The molecule has 0 saturated heterocycles. The minimum atomic E-state index is 0.135. The van der Waals surface area contributed by atoms with Crippen LogP contribution in [0, 0.1) is 0 Å². The maximum Gasteiger partial charge on any atom is 0.141 e. The molecule has 0 unspecified atom stereocenters. The van der Waals surface area contributed by atoms with Crippen molar-refractivity contribution in [2.45, 2.75) is 50.4 Å². The lowest BCUT2D eigenvalue weighted by Crippen LogP contribution is -2.21. The van der Waals surface area contributed by atoms with Crippen LogP contribution >= 0.6 is 11.6 Å². The molecule has 19 heavy (non-hydrogen) atoms. The normalized spacial score (nSPS) is 20.6. The molecule has 2 N–H and O–H groups in total. The lowest BCUT2D eigenvalue weighted by atomic mass is 9.89. The summed E-state index contributed by atoms with van der Waals surface area (Å²) >= 11 is 6.63. The minimum Gasteiger partial charge on any atom is -0.495 e. The van der Waals surface area contributed by atoms with Gasteiger partial charge in [-0.1, -0.05) is 24.1 Å². The monoisotopic (exact) mass is 279 g/mol. The Labute approximate surface area is 120 Å². The first-order valence-corrected chi connectivity index (χ1v) is 7.68. The molecule has 0 spiro atoms. The standard InChI is InChI=1S/C16H22ClNO/c1-19-15-13(16(10-18)7-8-16)9-11-5-3-2-4-6-12(11)14(15)17/h9H,2-8,10,18H2,1H3. The Bertz CT molecular complexity index is 494.